The van der Waals surface area contributed by atoms with Gasteiger partial charge in [0.2, 0.25) is 5.91 Å². The highest BCUT2D eigenvalue weighted by Crippen LogP contribution is 2.40. The smallest absolute Gasteiger partial charge is 0.341 e. The lowest BCUT2D eigenvalue weighted by atomic mass is 9.88. The van der Waals surface area contributed by atoms with E-state index in [-0.39, 0.29) is 11.9 Å². The van der Waals surface area contributed by atoms with Gasteiger partial charge in [0.05, 0.1) is 25.4 Å². The summed E-state index contributed by atoms with van der Waals surface area (Å²) in [5.74, 6) is 0.248. The highest BCUT2D eigenvalue weighted by Gasteiger charge is 2.29. The second-order valence-corrected chi connectivity index (χ2v) is 8.13. The number of ether oxygens (including phenoxy) is 2. The molecular weight excluding hydrogens is 352 g/mol. The number of nitrogens with zero attached hydrogens (tertiary/aromatic N) is 1. The fraction of sp³-hybridized carbons (Fsp3) is 0.684. The van der Waals surface area contributed by atoms with Crippen LogP contribution < -0.4 is 5.32 Å². The van der Waals surface area contributed by atoms with E-state index in [2.05, 4.69) is 17.1 Å². The van der Waals surface area contributed by atoms with Gasteiger partial charge in [-0.3, -0.25) is 9.69 Å². The molecular formula is C19H28N2O4S. The van der Waals surface area contributed by atoms with Crippen LogP contribution in [-0.4, -0.2) is 56.2 Å². The molecule has 1 aromatic heterocycles. The first-order valence-corrected chi connectivity index (χ1v) is 10.3. The third-order valence-electron chi connectivity index (χ3n) is 5.00. The first-order chi connectivity index (χ1) is 12.6. The summed E-state index contributed by atoms with van der Waals surface area (Å²) >= 11 is 1.54. The lowest BCUT2D eigenvalue weighted by Gasteiger charge is -2.26. The number of anilines is 1. The van der Waals surface area contributed by atoms with Gasteiger partial charge in [-0.1, -0.05) is 6.92 Å². The number of nitrogens with one attached hydrogen (secondary N) is 1. The molecule has 0 bridgehead atoms. The van der Waals surface area contributed by atoms with Gasteiger partial charge < -0.3 is 14.8 Å². The molecule has 7 heteroatoms. The highest BCUT2D eigenvalue weighted by molar-refractivity contribution is 7.17. The van der Waals surface area contributed by atoms with Crippen molar-refractivity contribution in [1.29, 1.82) is 0 Å². The van der Waals surface area contributed by atoms with Crippen molar-refractivity contribution in [2.45, 2.75) is 39.5 Å². The Morgan fingerprint density at radius 3 is 2.85 bits per heavy atom. The maximum atomic E-state index is 12.5. The van der Waals surface area contributed by atoms with Crippen molar-refractivity contribution in [3.05, 3.63) is 16.0 Å². The number of thiophene rings is 1. The standard InChI is InChI=1S/C19H28N2O4S/c1-3-25-19(23)17-14-5-4-13(2)12-15(14)26-18(17)20-16(22)6-7-21-8-10-24-11-9-21/h13H,3-12H2,1-2H3,(H,20,22). The summed E-state index contributed by atoms with van der Waals surface area (Å²) in [7, 11) is 0. The molecule has 1 atom stereocenters. The predicted molar refractivity (Wildman–Crippen MR) is 102 cm³/mol. The molecule has 0 saturated carbocycles. The van der Waals surface area contributed by atoms with Gasteiger partial charge in [0.1, 0.15) is 5.00 Å². The van der Waals surface area contributed by atoms with Gasteiger partial charge in [-0.15, -0.1) is 11.3 Å². The SMILES string of the molecule is CCOC(=O)c1c(NC(=O)CCN2CCOCC2)sc2c1CCC(C)C2. The van der Waals surface area contributed by atoms with Gasteiger partial charge in [-0.05, 0) is 37.7 Å². The number of carbonyl (C=O) groups excluding carboxylic acids is 2. The van der Waals surface area contributed by atoms with E-state index in [0.29, 0.717) is 36.1 Å². The van der Waals surface area contributed by atoms with Crippen LogP contribution in [0.3, 0.4) is 0 Å². The number of amides is 1. The van der Waals surface area contributed by atoms with E-state index < -0.39 is 0 Å². The Morgan fingerprint density at radius 2 is 2.12 bits per heavy atom. The van der Waals surface area contributed by atoms with Gasteiger partial charge >= 0.3 is 5.97 Å². The minimum absolute atomic E-state index is 0.0475. The van der Waals surface area contributed by atoms with Crippen molar-refractivity contribution in [2.24, 2.45) is 5.92 Å². The van der Waals surface area contributed by atoms with Crippen molar-refractivity contribution in [3.8, 4) is 0 Å². The maximum Gasteiger partial charge on any atom is 0.341 e. The van der Waals surface area contributed by atoms with Crippen LogP contribution in [0.25, 0.3) is 0 Å². The third kappa shape index (κ3) is 4.64. The van der Waals surface area contributed by atoms with Gasteiger partial charge in [0.25, 0.3) is 0 Å². The molecule has 1 aliphatic carbocycles. The van der Waals surface area contributed by atoms with Crippen LogP contribution in [0.5, 0.6) is 0 Å². The van der Waals surface area contributed by atoms with Crippen LogP contribution in [0, 0.1) is 5.92 Å². The van der Waals surface area contributed by atoms with E-state index >= 15 is 0 Å². The molecule has 1 aliphatic heterocycles. The predicted octanol–water partition coefficient (Wildman–Crippen LogP) is 2.71. The number of carbonyl (C=O) groups is 2. The van der Waals surface area contributed by atoms with Crippen LogP contribution in [0.2, 0.25) is 0 Å². The van der Waals surface area contributed by atoms with Crippen LogP contribution >= 0.6 is 11.3 Å². The second-order valence-electron chi connectivity index (χ2n) is 7.03. The molecule has 0 aromatic carbocycles. The summed E-state index contributed by atoms with van der Waals surface area (Å²) in [6.07, 6.45) is 3.34. The zero-order valence-electron chi connectivity index (χ0n) is 15.6. The van der Waals surface area contributed by atoms with Crippen molar-refractivity contribution >= 4 is 28.2 Å². The molecule has 1 saturated heterocycles. The average molecular weight is 381 g/mol. The highest BCUT2D eigenvalue weighted by atomic mass is 32.1. The first kappa shape index (κ1) is 19.3. The van der Waals surface area contributed by atoms with Gasteiger partial charge in [-0.2, -0.15) is 0 Å². The quantitative estimate of drug-likeness (QED) is 0.769. The van der Waals surface area contributed by atoms with E-state index in [1.54, 1.807) is 18.3 Å². The number of fused-ring (bicyclic) bond motifs is 1. The summed E-state index contributed by atoms with van der Waals surface area (Å²) in [5.41, 5.74) is 1.66. The molecule has 1 N–H and O–H groups in total. The van der Waals surface area contributed by atoms with E-state index in [1.807, 2.05) is 0 Å². The van der Waals surface area contributed by atoms with Crippen molar-refractivity contribution in [3.63, 3.8) is 0 Å². The van der Waals surface area contributed by atoms with E-state index in [0.717, 1.165) is 51.1 Å². The first-order valence-electron chi connectivity index (χ1n) is 9.50. The summed E-state index contributed by atoms with van der Waals surface area (Å²) in [5, 5.41) is 3.64. The molecule has 2 aliphatic rings. The topological polar surface area (TPSA) is 67.9 Å². The minimum atomic E-state index is -0.317. The van der Waals surface area contributed by atoms with Gasteiger partial charge in [-0.25, -0.2) is 4.79 Å². The number of rotatable bonds is 6. The average Bonchev–Trinajstić information content (AvgIpc) is 2.98. The molecule has 1 fully saturated rings. The lowest BCUT2D eigenvalue weighted by molar-refractivity contribution is -0.116. The number of hydrogen-bond donors (Lipinski definition) is 1. The molecule has 0 spiro atoms. The van der Waals surface area contributed by atoms with Crippen molar-refractivity contribution in [2.75, 3.05) is 44.8 Å². The van der Waals surface area contributed by atoms with Crippen LogP contribution in [-0.2, 0) is 27.1 Å². The second kappa shape index (κ2) is 8.97. The summed E-state index contributed by atoms with van der Waals surface area (Å²) in [6.45, 7) is 8.27. The Kier molecular flexibility index (Phi) is 6.67. The Balaban J connectivity index is 1.69. The summed E-state index contributed by atoms with van der Waals surface area (Å²) in [6, 6.07) is 0. The maximum absolute atomic E-state index is 12.5. The van der Waals surface area contributed by atoms with E-state index in [4.69, 9.17) is 9.47 Å². The molecule has 2 heterocycles. The fourth-order valence-corrected chi connectivity index (χ4v) is 4.95. The Morgan fingerprint density at radius 1 is 1.35 bits per heavy atom. The fourth-order valence-electron chi connectivity index (χ4n) is 3.53. The molecule has 144 valence electrons. The molecule has 1 amide bonds. The monoisotopic (exact) mass is 380 g/mol. The zero-order chi connectivity index (χ0) is 18.5. The van der Waals surface area contributed by atoms with E-state index in [9.17, 15) is 9.59 Å². The lowest BCUT2D eigenvalue weighted by Crippen LogP contribution is -2.38. The summed E-state index contributed by atoms with van der Waals surface area (Å²) in [4.78, 5) is 28.4. The third-order valence-corrected chi connectivity index (χ3v) is 6.17. The molecule has 3 rings (SSSR count). The Hall–Kier alpha value is -1.44. The molecule has 6 nitrogen and oxygen atoms in total. The van der Waals surface area contributed by atoms with Crippen LogP contribution in [0.4, 0.5) is 5.00 Å². The van der Waals surface area contributed by atoms with Gasteiger partial charge in [0.15, 0.2) is 0 Å². The minimum Gasteiger partial charge on any atom is -0.462 e. The Bertz CT molecular complexity index is 652. The molecule has 1 aromatic rings. The van der Waals surface area contributed by atoms with Crippen LogP contribution in [0.15, 0.2) is 0 Å². The molecule has 1 unspecified atom stereocenters. The van der Waals surface area contributed by atoms with Crippen LogP contribution in [0.1, 0.15) is 47.5 Å². The number of hydrogen-bond acceptors (Lipinski definition) is 6. The Labute approximate surface area is 158 Å². The molecule has 26 heavy (non-hydrogen) atoms. The summed E-state index contributed by atoms with van der Waals surface area (Å²) < 4.78 is 10.6. The van der Waals surface area contributed by atoms with E-state index in [1.165, 1.54) is 4.88 Å². The molecule has 0 radical (unpaired) electrons. The van der Waals surface area contributed by atoms with Crippen molar-refractivity contribution in [1.82, 2.24) is 4.90 Å². The van der Waals surface area contributed by atoms with Gasteiger partial charge in [0, 0.05) is 30.9 Å². The number of esters is 1. The number of morpholine rings is 1. The normalized spacial score (nSPS) is 20.5. The van der Waals surface area contributed by atoms with Crippen molar-refractivity contribution < 1.29 is 19.1 Å². The zero-order valence-corrected chi connectivity index (χ0v) is 16.5. The largest absolute Gasteiger partial charge is 0.462 e.